The van der Waals surface area contributed by atoms with Gasteiger partial charge in [-0.05, 0) is 30.0 Å². The van der Waals surface area contributed by atoms with Crippen molar-refractivity contribution in [1.82, 2.24) is 10.2 Å². The van der Waals surface area contributed by atoms with Crippen LogP contribution in [-0.4, -0.2) is 27.5 Å². The number of hydrogen-bond donors (Lipinski definition) is 1. The van der Waals surface area contributed by atoms with Gasteiger partial charge in [-0.15, -0.1) is 10.2 Å². The van der Waals surface area contributed by atoms with Crippen molar-refractivity contribution < 1.29 is 14.3 Å². The smallest absolute Gasteiger partial charge is 0.335 e. The number of carboxylic acid groups (broad SMARTS) is 1. The quantitative estimate of drug-likeness (QED) is 0.853. The molecule has 0 aliphatic carbocycles. The van der Waals surface area contributed by atoms with E-state index in [-0.39, 0.29) is 5.56 Å². The normalized spacial score (nSPS) is 10.6. The van der Waals surface area contributed by atoms with Gasteiger partial charge in [0.25, 0.3) is 0 Å². The average Bonchev–Trinajstić information content (AvgIpc) is 2.83. The number of carboxylic acids is 1. The zero-order valence-corrected chi connectivity index (χ0v) is 12.2. The molecule has 1 N–H and O–H groups in total. The number of halogens is 1. The van der Waals surface area contributed by atoms with Gasteiger partial charge >= 0.3 is 5.97 Å². The minimum atomic E-state index is -1.13. The Kier molecular flexibility index (Phi) is 4.78. The minimum Gasteiger partial charge on any atom is -0.478 e. The maximum absolute atomic E-state index is 13.3. The Labute approximate surface area is 121 Å². The van der Waals surface area contributed by atoms with Crippen LogP contribution in [0, 0.1) is 5.82 Å². The van der Waals surface area contributed by atoms with Crippen molar-refractivity contribution in [3.8, 4) is 0 Å². The van der Waals surface area contributed by atoms with Crippen molar-refractivity contribution in [3.63, 3.8) is 0 Å². The molecule has 0 amide bonds. The number of nitrogens with zero attached hydrogens (tertiary/aromatic N) is 2. The molecule has 4 nitrogen and oxygen atoms in total. The molecule has 1 heterocycles. The second-order valence-electron chi connectivity index (χ2n) is 3.48. The van der Waals surface area contributed by atoms with Crippen LogP contribution in [0.5, 0.6) is 0 Å². The first-order valence-corrected chi connectivity index (χ1v) is 8.14. The van der Waals surface area contributed by atoms with E-state index in [2.05, 4.69) is 10.2 Å². The third-order valence-electron chi connectivity index (χ3n) is 2.13. The molecule has 1 aromatic carbocycles. The highest BCUT2D eigenvalue weighted by molar-refractivity contribution is 8.02. The summed E-state index contributed by atoms with van der Waals surface area (Å²) in [6.07, 6.45) is 1.92. The first-order chi connectivity index (χ1) is 9.08. The van der Waals surface area contributed by atoms with Gasteiger partial charge in [0, 0.05) is 5.75 Å². The summed E-state index contributed by atoms with van der Waals surface area (Å²) in [5.74, 6) is -1.22. The standard InChI is InChI=1S/C11H9FN2O2S3/c1-17-10-13-14-11(19-10)18-5-6-2-7(9(15)16)4-8(12)3-6/h2-4H,5H2,1H3,(H,15,16). The Bertz CT molecular complexity index is 603. The number of aromatic carboxylic acids is 1. The zero-order valence-electron chi connectivity index (χ0n) is 9.79. The number of carbonyl (C=O) groups is 1. The van der Waals surface area contributed by atoms with E-state index in [0.29, 0.717) is 11.3 Å². The van der Waals surface area contributed by atoms with E-state index >= 15 is 0 Å². The lowest BCUT2D eigenvalue weighted by Gasteiger charge is -2.01. The molecule has 0 saturated carbocycles. The van der Waals surface area contributed by atoms with Gasteiger partial charge in [-0.1, -0.05) is 34.9 Å². The van der Waals surface area contributed by atoms with Gasteiger partial charge < -0.3 is 5.11 Å². The molecule has 100 valence electrons. The van der Waals surface area contributed by atoms with Crippen LogP contribution in [0.3, 0.4) is 0 Å². The van der Waals surface area contributed by atoms with Crippen LogP contribution in [0.15, 0.2) is 26.9 Å². The number of benzene rings is 1. The van der Waals surface area contributed by atoms with Crippen molar-refractivity contribution in [1.29, 1.82) is 0 Å². The predicted octanol–water partition coefficient (Wildman–Crippen LogP) is 3.39. The fourth-order valence-electron chi connectivity index (χ4n) is 1.34. The SMILES string of the molecule is CSc1nnc(SCc2cc(F)cc(C(=O)O)c2)s1. The van der Waals surface area contributed by atoms with Crippen LogP contribution < -0.4 is 0 Å². The van der Waals surface area contributed by atoms with Gasteiger partial charge in [0.15, 0.2) is 8.68 Å². The zero-order chi connectivity index (χ0) is 13.8. The van der Waals surface area contributed by atoms with Crippen molar-refractivity contribution >= 4 is 40.8 Å². The number of hydrogen-bond acceptors (Lipinski definition) is 6. The lowest BCUT2D eigenvalue weighted by molar-refractivity contribution is 0.0696. The molecule has 0 fully saturated rings. The highest BCUT2D eigenvalue weighted by Gasteiger charge is 2.09. The van der Waals surface area contributed by atoms with Crippen molar-refractivity contribution in [2.24, 2.45) is 0 Å². The molecule has 19 heavy (non-hydrogen) atoms. The van der Waals surface area contributed by atoms with E-state index in [1.165, 1.54) is 47.0 Å². The monoisotopic (exact) mass is 316 g/mol. The molecule has 0 radical (unpaired) electrons. The van der Waals surface area contributed by atoms with Gasteiger partial charge in [-0.3, -0.25) is 0 Å². The maximum atomic E-state index is 13.3. The van der Waals surface area contributed by atoms with E-state index in [1.54, 1.807) is 0 Å². The lowest BCUT2D eigenvalue weighted by Crippen LogP contribution is -1.98. The molecule has 0 atom stereocenters. The van der Waals surface area contributed by atoms with Gasteiger partial charge in [0.2, 0.25) is 0 Å². The van der Waals surface area contributed by atoms with Gasteiger partial charge in [-0.2, -0.15) is 0 Å². The van der Waals surface area contributed by atoms with Crippen LogP contribution in [0.2, 0.25) is 0 Å². The molecule has 0 spiro atoms. The Morgan fingerprint density at radius 2 is 2.11 bits per heavy atom. The van der Waals surface area contributed by atoms with E-state index in [9.17, 15) is 9.18 Å². The average molecular weight is 316 g/mol. The topological polar surface area (TPSA) is 63.1 Å². The number of rotatable bonds is 5. The van der Waals surface area contributed by atoms with Gasteiger partial charge in [0.1, 0.15) is 5.82 Å². The maximum Gasteiger partial charge on any atom is 0.335 e. The fraction of sp³-hybridized carbons (Fsp3) is 0.182. The van der Waals surface area contributed by atoms with Crippen LogP contribution in [0.1, 0.15) is 15.9 Å². The highest BCUT2D eigenvalue weighted by atomic mass is 32.2. The second kappa shape index (κ2) is 6.36. The molecule has 0 saturated heterocycles. The predicted molar refractivity (Wildman–Crippen MR) is 74.6 cm³/mol. The molecule has 2 aromatic rings. The fourth-order valence-corrected chi connectivity index (χ4v) is 3.71. The van der Waals surface area contributed by atoms with Gasteiger partial charge in [-0.25, -0.2) is 9.18 Å². The van der Waals surface area contributed by atoms with Crippen LogP contribution in [0.25, 0.3) is 0 Å². The van der Waals surface area contributed by atoms with Crippen LogP contribution in [0.4, 0.5) is 4.39 Å². The summed E-state index contributed by atoms with van der Waals surface area (Å²) in [7, 11) is 0. The van der Waals surface area contributed by atoms with E-state index in [4.69, 9.17) is 5.11 Å². The Hall–Kier alpha value is -1.12. The summed E-state index contributed by atoms with van der Waals surface area (Å²) < 4.78 is 14.9. The summed E-state index contributed by atoms with van der Waals surface area (Å²) >= 11 is 4.39. The van der Waals surface area contributed by atoms with Crippen LogP contribution >= 0.6 is 34.9 Å². The van der Waals surface area contributed by atoms with E-state index in [0.717, 1.165) is 14.7 Å². The molecule has 0 bridgehead atoms. The summed E-state index contributed by atoms with van der Waals surface area (Å²) in [5.41, 5.74) is 0.570. The Morgan fingerprint density at radius 3 is 2.74 bits per heavy atom. The summed E-state index contributed by atoms with van der Waals surface area (Å²) in [6.45, 7) is 0. The van der Waals surface area contributed by atoms with Crippen molar-refractivity contribution in [3.05, 3.63) is 35.1 Å². The Morgan fingerprint density at radius 1 is 1.37 bits per heavy atom. The van der Waals surface area contributed by atoms with Crippen molar-refractivity contribution in [2.45, 2.75) is 14.4 Å². The molecule has 0 aliphatic rings. The first kappa shape index (κ1) is 14.3. The summed E-state index contributed by atoms with van der Waals surface area (Å²) in [4.78, 5) is 10.8. The molecule has 0 aliphatic heterocycles. The second-order valence-corrected chi connectivity index (χ2v) is 6.73. The summed E-state index contributed by atoms with van der Waals surface area (Å²) in [5, 5.41) is 16.8. The molecular weight excluding hydrogens is 307 g/mol. The largest absolute Gasteiger partial charge is 0.478 e. The summed E-state index contributed by atoms with van der Waals surface area (Å²) in [6, 6.07) is 3.80. The van der Waals surface area contributed by atoms with Crippen LogP contribution in [-0.2, 0) is 5.75 Å². The van der Waals surface area contributed by atoms with Gasteiger partial charge in [0.05, 0.1) is 5.56 Å². The molecule has 8 heteroatoms. The molecular formula is C11H9FN2O2S3. The van der Waals surface area contributed by atoms with E-state index in [1.807, 2.05) is 6.26 Å². The number of aromatic nitrogens is 2. The minimum absolute atomic E-state index is 0.0438. The van der Waals surface area contributed by atoms with Crippen molar-refractivity contribution in [2.75, 3.05) is 6.26 Å². The number of thioether (sulfide) groups is 2. The third kappa shape index (κ3) is 3.92. The third-order valence-corrected chi connectivity index (χ3v) is 5.23. The molecule has 0 unspecified atom stereocenters. The highest BCUT2D eigenvalue weighted by Crippen LogP contribution is 2.29. The molecule has 2 rings (SSSR count). The lowest BCUT2D eigenvalue weighted by atomic mass is 10.1. The van der Waals surface area contributed by atoms with E-state index < -0.39 is 11.8 Å². The first-order valence-electron chi connectivity index (χ1n) is 5.11. The Balaban J connectivity index is 2.08. The molecule has 1 aromatic heterocycles.